The molecule has 196 valence electrons. The second kappa shape index (κ2) is 10.9. The molecule has 0 saturated carbocycles. The second-order valence-corrected chi connectivity index (χ2v) is 9.18. The maximum absolute atomic E-state index is 14.9. The molecule has 1 fully saturated rings. The summed E-state index contributed by atoms with van der Waals surface area (Å²) in [6.07, 6.45) is -0.888. The van der Waals surface area contributed by atoms with Gasteiger partial charge in [-0.15, -0.1) is 0 Å². The molecule has 0 aliphatic carbocycles. The van der Waals surface area contributed by atoms with Crippen LogP contribution < -0.4 is 4.74 Å². The number of hydrogen-bond acceptors (Lipinski definition) is 3. The Labute approximate surface area is 216 Å². The van der Waals surface area contributed by atoms with Crippen molar-refractivity contribution in [3.63, 3.8) is 0 Å². The largest absolute Gasteiger partial charge is 0.487 e. The van der Waals surface area contributed by atoms with E-state index in [1.807, 2.05) is 31.2 Å². The van der Waals surface area contributed by atoms with Crippen molar-refractivity contribution in [2.45, 2.75) is 13.2 Å². The SMILES string of the molecule is Cc1ccc(-c2ccc(-c3cc(F)c(OCC4COC(c5ccc(F)c(F)c5)OC4)c(F)c3)c(F)c2)cc1. The molecule has 1 aliphatic heterocycles. The van der Waals surface area contributed by atoms with Gasteiger partial charge in [-0.1, -0.05) is 48.0 Å². The molecule has 1 aliphatic rings. The minimum Gasteiger partial charge on any atom is -0.487 e. The molecule has 0 radical (unpaired) electrons. The van der Waals surface area contributed by atoms with E-state index < -0.39 is 41.1 Å². The average molecular weight is 527 g/mol. The molecule has 5 rings (SSSR count). The fourth-order valence-corrected chi connectivity index (χ4v) is 4.22. The molecule has 0 unspecified atom stereocenters. The number of benzene rings is 4. The predicted molar refractivity (Wildman–Crippen MR) is 132 cm³/mol. The molecule has 1 saturated heterocycles. The topological polar surface area (TPSA) is 27.7 Å². The number of halogens is 5. The molecule has 1 heterocycles. The number of hydrogen-bond donors (Lipinski definition) is 0. The van der Waals surface area contributed by atoms with Crippen molar-refractivity contribution in [3.8, 4) is 28.0 Å². The van der Waals surface area contributed by atoms with E-state index in [1.165, 1.54) is 18.2 Å². The van der Waals surface area contributed by atoms with E-state index in [-0.39, 0.29) is 36.9 Å². The smallest absolute Gasteiger partial charge is 0.190 e. The molecule has 38 heavy (non-hydrogen) atoms. The molecule has 0 aromatic heterocycles. The van der Waals surface area contributed by atoms with Gasteiger partial charge in [0.15, 0.2) is 35.3 Å². The maximum Gasteiger partial charge on any atom is 0.190 e. The highest BCUT2D eigenvalue weighted by atomic mass is 19.2. The van der Waals surface area contributed by atoms with Gasteiger partial charge in [0.05, 0.1) is 19.8 Å². The van der Waals surface area contributed by atoms with Crippen LogP contribution in [0.5, 0.6) is 5.75 Å². The Hall–Kier alpha value is -3.75. The first-order chi connectivity index (χ1) is 18.3. The van der Waals surface area contributed by atoms with Crippen LogP contribution >= 0.6 is 0 Å². The van der Waals surface area contributed by atoms with Crippen LogP contribution in [0.25, 0.3) is 22.3 Å². The minimum atomic E-state index is -1.02. The van der Waals surface area contributed by atoms with E-state index >= 15 is 0 Å². The molecule has 0 bridgehead atoms. The number of aryl methyl sites for hydroxylation is 1. The first-order valence-electron chi connectivity index (χ1n) is 12.0. The Morgan fingerprint density at radius 2 is 1.29 bits per heavy atom. The van der Waals surface area contributed by atoms with Gasteiger partial charge < -0.3 is 14.2 Å². The lowest BCUT2D eigenvalue weighted by Crippen LogP contribution is -2.31. The van der Waals surface area contributed by atoms with Crippen LogP contribution in [-0.4, -0.2) is 19.8 Å². The normalized spacial score (nSPS) is 17.4. The molecule has 4 aromatic rings. The lowest BCUT2D eigenvalue weighted by atomic mass is 9.99. The average Bonchev–Trinajstić information content (AvgIpc) is 2.90. The number of ether oxygens (including phenoxy) is 3. The summed E-state index contributed by atoms with van der Waals surface area (Å²) >= 11 is 0. The lowest BCUT2D eigenvalue weighted by Gasteiger charge is -2.29. The van der Waals surface area contributed by atoms with Crippen LogP contribution in [0.15, 0.2) is 72.8 Å². The van der Waals surface area contributed by atoms with Crippen molar-refractivity contribution >= 4 is 0 Å². The second-order valence-electron chi connectivity index (χ2n) is 9.18. The van der Waals surface area contributed by atoms with Crippen molar-refractivity contribution in [2.24, 2.45) is 5.92 Å². The third kappa shape index (κ3) is 5.56. The molecule has 0 spiro atoms. The standard InChI is InChI=1S/C30H23F5O3/c1-17-2-4-19(5-3-17)20-6-8-23(25(32)10-20)22-12-27(34)29(28(35)13-22)36-14-18-15-37-30(38-16-18)21-7-9-24(31)26(33)11-21/h2-13,18,30H,14-16H2,1H3. The van der Waals surface area contributed by atoms with E-state index in [9.17, 15) is 22.0 Å². The quantitative estimate of drug-likeness (QED) is 0.240. The van der Waals surface area contributed by atoms with Crippen LogP contribution in [-0.2, 0) is 9.47 Å². The zero-order valence-corrected chi connectivity index (χ0v) is 20.3. The Bertz CT molecular complexity index is 1420. The van der Waals surface area contributed by atoms with E-state index in [4.69, 9.17) is 14.2 Å². The molecule has 4 aromatic carbocycles. The maximum atomic E-state index is 14.9. The zero-order chi connectivity index (χ0) is 26.8. The van der Waals surface area contributed by atoms with Gasteiger partial charge in [-0.05, 0) is 53.9 Å². The summed E-state index contributed by atoms with van der Waals surface area (Å²) in [5.74, 6) is -5.50. The predicted octanol–water partition coefficient (Wildman–Crippen LogP) is 7.77. The fraction of sp³-hybridized carbons (Fsp3) is 0.200. The molecule has 8 heteroatoms. The van der Waals surface area contributed by atoms with Gasteiger partial charge in [0.1, 0.15) is 5.82 Å². The summed E-state index contributed by atoms with van der Waals surface area (Å²) in [5, 5.41) is 0. The molecule has 0 N–H and O–H groups in total. The summed E-state index contributed by atoms with van der Waals surface area (Å²) in [6.45, 7) is 2.07. The summed E-state index contributed by atoms with van der Waals surface area (Å²) < 4.78 is 87.6. The highest BCUT2D eigenvalue weighted by molar-refractivity contribution is 5.71. The third-order valence-electron chi connectivity index (χ3n) is 6.31. The van der Waals surface area contributed by atoms with Crippen molar-refractivity contribution in [2.75, 3.05) is 19.8 Å². The van der Waals surface area contributed by atoms with Crippen molar-refractivity contribution in [3.05, 3.63) is 113 Å². The fourth-order valence-electron chi connectivity index (χ4n) is 4.22. The molecule has 0 atom stereocenters. The Kier molecular flexibility index (Phi) is 7.44. The first kappa shape index (κ1) is 25.9. The minimum absolute atomic E-state index is 0.0408. The van der Waals surface area contributed by atoms with Gasteiger partial charge in [-0.2, -0.15) is 0 Å². The van der Waals surface area contributed by atoms with Crippen LogP contribution in [0, 0.1) is 41.9 Å². The lowest BCUT2D eigenvalue weighted by molar-refractivity contribution is -0.208. The van der Waals surface area contributed by atoms with E-state index in [0.717, 1.165) is 35.4 Å². The monoisotopic (exact) mass is 526 g/mol. The van der Waals surface area contributed by atoms with Gasteiger partial charge in [0.25, 0.3) is 0 Å². The Balaban J connectivity index is 1.23. The molecular weight excluding hydrogens is 503 g/mol. The van der Waals surface area contributed by atoms with Gasteiger partial charge in [-0.3, -0.25) is 0 Å². The first-order valence-corrected chi connectivity index (χ1v) is 12.0. The van der Waals surface area contributed by atoms with E-state index in [0.29, 0.717) is 11.1 Å². The highest BCUT2D eigenvalue weighted by Crippen LogP contribution is 2.33. The van der Waals surface area contributed by atoms with Gasteiger partial charge in [0.2, 0.25) is 0 Å². The summed E-state index contributed by atoms with van der Waals surface area (Å²) in [4.78, 5) is 0. The summed E-state index contributed by atoms with van der Waals surface area (Å²) in [6, 6.07) is 17.5. The van der Waals surface area contributed by atoms with Crippen LogP contribution in [0.2, 0.25) is 0 Å². The Morgan fingerprint density at radius 1 is 0.658 bits per heavy atom. The third-order valence-corrected chi connectivity index (χ3v) is 6.31. The van der Waals surface area contributed by atoms with E-state index in [2.05, 4.69) is 0 Å². The molecule has 3 nitrogen and oxygen atoms in total. The van der Waals surface area contributed by atoms with Gasteiger partial charge in [-0.25, -0.2) is 22.0 Å². The molecule has 0 amide bonds. The highest BCUT2D eigenvalue weighted by Gasteiger charge is 2.26. The van der Waals surface area contributed by atoms with Crippen molar-refractivity contribution in [1.82, 2.24) is 0 Å². The van der Waals surface area contributed by atoms with Crippen molar-refractivity contribution in [1.29, 1.82) is 0 Å². The van der Waals surface area contributed by atoms with Crippen LogP contribution in [0.3, 0.4) is 0 Å². The number of rotatable bonds is 6. The zero-order valence-electron chi connectivity index (χ0n) is 20.3. The van der Waals surface area contributed by atoms with Gasteiger partial charge >= 0.3 is 0 Å². The Morgan fingerprint density at radius 3 is 1.92 bits per heavy atom. The molecular formula is C30H23F5O3. The van der Waals surface area contributed by atoms with E-state index in [1.54, 1.807) is 6.07 Å². The summed E-state index contributed by atoms with van der Waals surface area (Å²) in [7, 11) is 0. The van der Waals surface area contributed by atoms with Gasteiger partial charge in [0, 0.05) is 17.0 Å². The van der Waals surface area contributed by atoms with Crippen LogP contribution in [0.1, 0.15) is 17.4 Å². The van der Waals surface area contributed by atoms with Crippen LogP contribution in [0.4, 0.5) is 22.0 Å². The van der Waals surface area contributed by atoms with Crippen molar-refractivity contribution < 1.29 is 36.2 Å². The summed E-state index contributed by atoms with van der Waals surface area (Å²) in [5.41, 5.74) is 2.97.